The average Bonchev–Trinajstić information content (AvgIpc) is 2.03. The largest absolute Gasteiger partial charge is 0.313 e. The summed E-state index contributed by atoms with van der Waals surface area (Å²) >= 11 is 0. The zero-order valence-electron chi connectivity index (χ0n) is 9.00. The van der Waals surface area contributed by atoms with Gasteiger partial charge in [-0.05, 0) is 27.2 Å². The van der Waals surface area contributed by atoms with Crippen LogP contribution in [0.4, 0.5) is 0 Å². The topological polar surface area (TPSA) is 46.2 Å². The molecule has 0 aromatic heterocycles. The van der Waals surface area contributed by atoms with E-state index in [4.69, 9.17) is 0 Å². The summed E-state index contributed by atoms with van der Waals surface area (Å²) in [5.74, 6) is 0.245. The van der Waals surface area contributed by atoms with Gasteiger partial charge >= 0.3 is 0 Å². The zero-order chi connectivity index (χ0) is 10.5. The number of rotatable bonds is 6. The number of hydrogen-bond acceptors (Lipinski definition) is 3. The standard InChI is InChI=1S/C9H21NO2S/c1-5-9(4)10-6-7-13(11,12)8(2)3/h8-10H,5-7H2,1-4H3. The highest BCUT2D eigenvalue weighted by Gasteiger charge is 2.15. The molecule has 1 N–H and O–H groups in total. The lowest BCUT2D eigenvalue weighted by molar-refractivity contribution is 0.542. The van der Waals surface area contributed by atoms with Crippen molar-refractivity contribution in [2.45, 2.75) is 45.4 Å². The predicted octanol–water partition coefficient (Wildman–Crippen LogP) is 1.20. The van der Waals surface area contributed by atoms with E-state index in [2.05, 4.69) is 19.2 Å². The highest BCUT2D eigenvalue weighted by molar-refractivity contribution is 7.92. The van der Waals surface area contributed by atoms with E-state index in [9.17, 15) is 8.42 Å². The summed E-state index contributed by atoms with van der Waals surface area (Å²) in [6, 6.07) is 0.405. The first kappa shape index (κ1) is 12.9. The van der Waals surface area contributed by atoms with Crippen molar-refractivity contribution in [1.29, 1.82) is 0 Å². The monoisotopic (exact) mass is 207 g/mol. The fourth-order valence-corrected chi connectivity index (χ4v) is 1.70. The molecule has 80 valence electrons. The van der Waals surface area contributed by atoms with Gasteiger partial charge < -0.3 is 5.32 Å². The maximum atomic E-state index is 11.4. The predicted molar refractivity (Wildman–Crippen MR) is 56.7 cm³/mol. The highest BCUT2D eigenvalue weighted by atomic mass is 32.2. The van der Waals surface area contributed by atoms with Crippen molar-refractivity contribution in [2.75, 3.05) is 12.3 Å². The summed E-state index contributed by atoms with van der Waals surface area (Å²) in [5, 5.41) is 2.91. The van der Waals surface area contributed by atoms with Gasteiger partial charge in [0.2, 0.25) is 0 Å². The summed E-state index contributed by atoms with van der Waals surface area (Å²) in [5.41, 5.74) is 0. The Bertz CT molecular complexity index is 222. The van der Waals surface area contributed by atoms with Crippen LogP contribution in [0.15, 0.2) is 0 Å². The lowest BCUT2D eigenvalue weighted by Crippen LogP contribution is -2.32. The normalized spacial score (nSPS) is 14.8. The van der Waals surface area contributed by atoms with E-state index < -0.39 is 9.84 Å². The third kappa shape index (κ3) is 5.26. The molecule has 0 amide bonds. The minimum Gasteiger partial charge on any atom is -0.313 e. The van der Waals surface area contributed by atoms with Crippen LogP contribution in [0.1, 0.15) is 34.1 Å². The Balaban J connectivity index is 3.78. The van der Waals surface area contributed by atoms with E-state index in [-0.39, 0.29) is 11.0 Å². The van der Waals surface area contributed by atoms with E-state index >= 15 is 0 Å². The zero-order valence-corrected chi connectivity index (χ0v) is 9.82. The van der Waals surface area contributed by atoms with Crippen molar-refractivity contribution in [2.24, 2.45) is 0 Å². The Morgan fingerprint density at radius 1 is 1.23 bits per heavy atom. The molecular weight excluding hydrogens is 186 g/mol. The number of hydrogen-bond donors (Lipinski definition) is 1. The lowest BCUT2D eigenvalue weighted by atomic mass is 10.3. The molecule has 4 heteroatoms. The summed E-state index contributed by atoms with van der Waals surface area (Å²) in [6.07, 6.45) is 1.03. The first-order valence-corrected chi connectivity index (χ1v) is 6.56. The van der Waals surface area contributed by atoms with Crippen LogP contribution in [0, 0.1) is 0 Å². The van der Waals surface area contributed by atoms with Crippen LogP contribution in [0.2, 0.25) is 0 Å². The molecule has 0 aromatic carbocycles. The molecule has 0 saturated carbocycles. The van der Waals surface area contributed by atoms with Gasteiger partial charge in [0.05, 0.1) is 11.0 Å². The van der Waals surface area contributed by atoms with Crippen LogP contribution in [0.25, 0.3) is 0 Å². The van der Waals surface area contributed by atoms with Crippen LogP contribution in [0.5, 0.6) is 0 Å². The molecule has 3 nitrogen and oxygen atoms in total. The third-order valence-corrected chi connectivity index (χ3v) is 4.42. The van der Waals surface area contributed by atoms with Gasteiger partial charge in [0.15, 0.2) is 9.84 Å². The van der Waals surface area contributed by atoms with Gasteiger partial charge in [-0.15, -0.1) is 0 Å². The maximum absolute atomic E-state index is 11.4. The van der Waals surface area contributed by atoms with Crippen molar-refractivity contribution in [3.05, 3.63) is 0 Å². The Labute approximate surface area is 81.8 Å². The van der Waals surface area contributed by atoms with Crippen LogP contribution >= 0.6 is 0 Å². The van der Waals surface area contributed by atoms with Gasteiger partial charge in [0.1, 0.15) is 0 Å². The molecule has 13 heavy (non-hydrogen) atoms. The summed E-state index contributed by atoms with van der Waals surface area (Å²) < 4.78 is 22.7. The number of nitrogens with one attached hydrogen (secondary N) is 1. The molecule has 0 saturated heterocycles. The molecule has 1 atom stereocenters. The van der Waals surface area contributed by atoms with Gasteiger partial charge in [0, 0.05) is 12.6 Å². The van der Waals surface area contributed by atoms with E-state index in [1.807, 2.05) is 0 Å². The lowest BCUT2D eigenvalue weighted by Gasteiger charge is -2.12. The molecule has 0 bridgehead atoms. The van der Waals surface area contributed by atoms with E-state index in [0.29, 0.717) is 12.6 Å². The molecule has 1 unspecified atom stereocenters. The molecule has 0 aliphatic rings. The Kier molecular flexibility index (Phi) is 5.56. The van der Waals surface area contributed by atoms with Gasteiger partial charge in [-0.1, -0.05) is 6.92 Å². The molecule has 0 aliphatic carbocycles. The molecule has 0 heterocycles. The van der Waals surface area contributed by atoms with E-state index in [1.165, 1.54) is 0 Å². The molecule has 0 fully saturated rings. The van der Waals surface area contributed by atoms with Gasteiger partial charge in [-0.2, -0.15) is 0 Å². The second kappa shape index (κ2) is 5.60. The fourth-order valence-electron chi connectivity index (χ4n) is 0.828. The molecule has 0 rings (SSSR count). The highest BCUT2D eigenvalue weighted by Crippen LogP contribution is 1.99. The third-order valence-electron chi connectivity index (χ3n) is 2.21. The maximum Gasteiger partial charge on any atom is 0.153 e. The quantitative estimate of drug-likeness (QED) is 0.712. The van der Waals surface area contributed by atoms with Crippen molar-refractivity contribution in [3.63, 3.8) is 0 Å². The van der Waals surface area contributed by atoms with E-state index in [1.54, 1.807) is 13.8 Å². The van der Waals surface area contributed by atoms with Gasteiger partial charge in [-0.25, -0.2) is 8.42 Å². The van der Waals surface area contributed by atoms with Crippen molar-refractivity contribution < 1.29 is 8.42 Å². The summed E-state index contributed by atoms with van der Waals surface area (Å²) in [6.45, 7) is 8.14. The Hall–Kier alpha value is -0.0900. The molecule has 0 spiro atoms. The summed E-state index contributed by atoms with van der Waals surface area (Å²) in [7, 11) is -2.86. The number of sulfone groups is 1. The van der Waals surface area contributed by atoms with E-state index in [0.717, 1.165) is 6.42 Å². The van der Waals surface area contributed by atoms with Crippen LogP contribution in [-0.4, -0.2) is 32.0 Å². The van der Waals surface area contributed by atoms with Crippen molar-refractivity contribution >= 4 is 9.84 Å². The van der Waals surface area contributed by atoms with Crippen LogP contribution in [0.3, 0.4) is 0 Å². The molecule has 0 aromatic rings. The minimum atomic E-state index is -2.86. The van der Waals surface area contributed by atoms with Crippen molar-refractivity contribution in [1.82, 2.24) is 5.32 Å². The second-order valence-corrected chi connectivity index (χ2v) is 6.36. The van der Waals surface area contributed by atoms with Gasteiger partial charge in [0.25, 0.3) is 0 Å². The van der Waals surface area contributed by atoms with Crippen molar-refractivity contribution in [3.8, 4) is 0 Å². The molecule has 0 aliphatic heterocycles. The molecular formula is C9H21NO2S. The minimum absolute atomic E-state index is 0.245. The Morgan fingerprint density at radius 3 is 2.15 bits per heavy atom. The first-order chi connectivity index (χ1) is 5.90. The molecule has 0 radical (unpaired) electrons. The van der Waals surface area contributed by atoms with Crippen LogP contribution in [-0.2, 0) is 9.84 Å². The second-order valence-electron chi connectivity index (χ2n) is 3.68. The SMILES string of the molecule is CCC(C)NCCS(=O)(=O)C(C)C. The Morgan fingerprint density at radius 2 is 1.77 bits per heavy atom. The average molecular weight is 207 g/mol. The smallest absolute Gasteiger partial charge is 0.153 e. The van der Waals surface area contributed by atoms with Gasteiger partial charge in [-0.3, -0.25) is 0 Å². The van der Waals surface area contributed by atoms with Crippen LogP contribution < -0.4 is 5.32 Å². The summed E-state index contributed by atoms with van der Waals surface area (Å²) in [4.78, 5) is 0. The first-order valence-electron chi connectivity index (χ1n) is 4.85. The fraction of sp³-hybridized carbons (Fsp3) is 1.00.